The molecular formula is C15H22N4O2. The number of hydrogen-bond donors (Lipinski definition) is 2. The van der Waals surface area contributed by atoms with Crippen molar-refractivity contribution in [2.75, 3.05) is 18.6 Å². The van der Waals surface area contributed by atoms with E-state index >= 15 is 0 Å². The quantitative estimate of drug-likeness (QED) is 0.636. The summed E-state index contributed by atoms with van der Waals surface area (Å²) in [5.74, 6) is 5.99. The highest BCUT2D eigenvalue weighted by Crippen LogP contribution is 2.29. The number of carbonyl (C=O) groups is 1. The average Bonchev–Trinajstić information content (AvgIpc) is 2.53. The fourth-order valence-corrected chi connectivity index (χ4v) is 3.38. The van der Waals surface area contributed by atoms with Gasteiger partial charge in [-0.2, -0.15) is 0 Å². The number of nitrogens with zero attached hydrogens (tertiary/aromatic N) is 2. The van der Waals surface area contributed by atoms with E-state index < -0.39 is 0 Å². The lowest BCUT2D eigenvalue weighted by Gasteiger charge is -2.43. The highest BCUT2D eigenvalue weighted by atomic mass is 16.5. The fraction of sp³-hybridized carbons (Fsp3) is 0.600. The highest BCUT2D eigenvalue weighted by molar-refractivity contribution is 5.95. The van der Waals surface area contributed by atoms with Crippen LogP contribution >= 0.6 is 0 Å². The molecule has 2 heterocycles. The Hall–Kier alpha value is -1.66. The first-order valence-electron chi connectivity index (χ1n) is 7.57. The Morgan fingerprint density at radius 3 is 3.05 bits per heavy atom. The first-order valence-corrected chi connectivity index (χ1v) is 7.57. The zero-order valence-electron chi connectivity index (χ0n) is 12.3. The molecule has 21 heavy (non-hydrogen) atoms. The molecule has 2 aliphatic rings. The van der Waals surface area contributed by atoms with E-state index in [4.69, 9.17) is 10.6 Å². The molecule has 3 rings (SSSR count). The number of aryl methyl sites for hydroxylation is 1. The number of carbonyl (C=O) groups excluding carboxylic acids is 1. The van der Waals surface area contributed by atoms with Crippen molar-refractivity contribution in [2.24, 2.45) is 5.84 Å². The van der Waals surface area contributed by atoms with Crippen LogP contribution in [0.4, 0.5) is 5.82 Å². The minimum Gasteiger partial charge on any atom is -0.374 e. The summed E-state index contributed by atoms with van der Waals surface area (Å²) in [6.07, 6.45) is 4.64. The number of ether oxygens (including phenoxy) is 1. The van der Waals surface area contributed by atoms with Gasteiger partial charge < -0.3 is 15.1 Å². The number of nitrogens with two attached hydrogens (primary N) is 1. The average molecular weight is 290 g/mol. The maximum absolute atomic E-state index is 12.8. The molecule has 0 aromatic carbocycles. The third-order valence-electron chi connectivity index (χ3n) is 4.34. The number of anilines is 1. The van der Waals surface area contributed by atoms with Crippen molar-refractivity contribution in [3.63, 3.8) is 0 Å². The summed E-state index contributed by atoms with van der Waals surface area (Å²) in [6.45, 7) is 3.14. The van der Waals surface area contributed by atoms with Crippen molar-refractivity contribution in [1.82, 2.24) is 9.88 Å². The van der Waals surface area contributed by atoms with Gasteiger partial charge in [-0.25, -0.2) is 10.8 Å². The van der Waals surface area contributed by atoms with Crippen LogP contribution in [0.1, 0.15) is 41.7 Å². The number of nitrogen functional groups attached to an aromatic ring is 1. The molecular weight excluding hydrogens is 268 g/mol. The molecule has 0 bridgehead atoms. The minimum atomic E-state index is 0.0530. The van der Waals surface area contributed by atoms with E-state index in [0.717, 1.165) is 18.5 Å². The van der Waals surface area contributed by atoms with Gasteiger partial charge in [0.2, 0.25) is 0 Å². The number of nitrogens with one attached hydrogen (secondary N) is 1. The summed E-state index contributed by atoms with van der Waals surface area (Å²) in [5, 5.41) is 0. The number of aromatic nitrogens is 1. The Morgan fingerprint density at radius 2 is 2.24 bits per heavy atom. The molecule has 1 aromatic rings. The smallest absolute Gasteiger partial charge is 0.254 e. The molecule has 6 nitrogen and oxygen atoms in total. The molecule has 1 saturated heterocycles. The molecule has 0 spiro atoms. The summed E-state index contributed by atoms with van der Waals surface area (Å²) < 4.78 is 5.83. The van der Waals surface area contributed by atoms with E-state index in [1.165, 1.54) is 12.8 Å². The molecule has 2 unspecified atom stereocenters. The molecule has 1 saturated carbocycles. The summed E-state index contributed by atoms with van der Waals surface area (Å²) in [5.41, 5.74) is 3.94. The van der Waals surface area contributed by atoms with Gasteiger partial charge in [-0.3, -0.25) is 4.79 Å². The van der Waals surface area contributed by atoms with Crippen molar-refractivity contribution in [3.8, 4) is 0 Å². The van der Waals surface area contributed by atoms with Crippen LogP contribution in [0.25, 0.3) is 0 Å². The van der Waals surface area contributed by atoms with E-state index in [2.05, 4.69) is 10.4 Å². The van der Waals surface area contributed by atoms with Gasteiger partial charge in [-0.05, 0) is 31.9 Å². The number of morpholine rings is 1. The normalized spacial score (nSPS) is 25.3. The SMILES string of the molecule is Cc1cc(C(=O)N2CCOC3CCCCC32)cc(NN)n1. The number of pyridine rings is 1. The van der Waals surface area contributed by atoms with Crippen LogP contribution in [0.2, 0.25) is 0 Å². The molecule has 3 N–H and O–H groups in total. The molecule has 2 fully saturated rings. The zero-order chi connectivity index (χ0) is 14.8. The Labute approximate surface area is 124 Å². The molecule has 6 heteroatoms. The molecule has 1 amide bonds. The Morgan fingerprint density at radius 1 is 1.43 bits per heavy atom. The van der Waals surface area contributed by atoms with Crippen molar-refractivity contribution >= 4 is 11.7 Å². The zero-order valence-corrected chi connectivity index (χ0v) is 12.3. The van der Waals surface area contributed by atoms with Gasteiger partial charge in [0.25, 0.3) is 5.91 Å². The van der Waals surface area contributed by atoms with Crippen molar-refractivity contribution < 1.29 is 9.53 Å². The second kappa shape index (κ2) is 5.99. The summed E-state index contributed by atoms with van der Waals surface area (Å²) in [4.78, 5) is 19.1. The lowest BCUT2D eigenvalue weighted by atomic mass is 9.89. The van der Waals surface area contributed by atoms with Crippen LogP contribution in [0.3, 0.4) is 0 Å². The third-order valence-corrected chi connectivity index (χ3v) is 4.34. The van der Waals surface area contributed by atoms with E-state index in [-0.39, 0.29) is 18.1 Å². The minimum absolute atomic E-state index is 0.0530. The highest BCUT2D eigenvalue weighted by Gasteiger charge is 2.37. The second-order valence-corrected chi connectivity index (χ2v) is 5.79. The largest absolute Gasteiger partial charge is 0.374 e. The van der Waals surface area contributed by atoms with E-state index in [1.54, 1.807) is 6.07 Å². The molecule has 1 aliphatic heterocycles. The number of hydrazine groups is 1. The summed E-state index contributed by atoms with van der Waals surface area (Å²) in [6, 6.07) is 3.74. The maximum atomic E-state index is 12.8. The Kier molecular flexibility index (Phi) is 4.07. The van der Waals surface area contributed by atoms with Crippen LogP contribution in [0.15, 0.2) is 12.1 Å². The molecule has 1 aromatic heterocycles. The van der Waals surface area contributed by atoms with Crippen molar-refractivity contribution in [3.05, 3.63) is 23.4 Å². The van der Waals surface area contributed by atoms with Gasteiger partial charge in [0.05, 0.1) is 18.8 Å². The lowest BCUT2D eigenvalue weighted by molar-refractivity contribution is -0.0752. The number of fused-ring (bicyclic) bond motifs is 1. The number of hydrogen-bond acceptors (Lipinski definition) is 5. The lowest BCUT2D eigenvalue weighted by Crippen LogP contribution is -2.54. The third kappa shape index (κ3) is 2.87. The second-order valence-electron chi connectivity index (χ2n) is 5.79. The molecule has 114 valence electrons. The van der Waals surface area contributed by atoms with Crippen molar-refractivity contribution in [1.29, 1.82) is 0 Å². The Bertz CT molecular complexity index is 532. The predicted molar refractivity (Wildman–Crippen MR) is 79.8 cm³/mol. The van der Waals surface area contributed by atoms with Crippen LogP contribution in [-0.4, -0.2) is 41.1 Å². The maximum Gasteiger partial charge on any atom is 0.254 e. The Balaban J connectivity index is 1.85. The number of amides is 1. The predicted octanol–water partition coefficient (Wildman–Crippen LogP) is 1.46. The summed E-state index contributed by atoms with van der Waals surface area (Å²) in [7, 11) is 0. The molecule has 2 atom stereocenters. The monoisotopic (exact) mass is 290 g/mol. The van der Waals surface area contributed by atoms with Gasteiger partial charge in [-0.15, -0.1) is 0 Å². The molecule has 0 radical (unpaired) electrons. The first kappa shape index (κ1) is 14.3. The van der Waals surface area contributed by atoms with E-state index in [0.29, 0.717) is 24.5 Å². The fourth-order valence-electron chi connectivity index (χ4n) is 3.38. The number of rotatable bonds is 2. The van der Waals surface area contributed by atoms with Crippen LogP contribution in [-0.2, 0) is 4.74 Å². The van der Waals surface area contributed by atoms with Gasteiger partial charge in [-0.1, -0.05) is 12.8 Å². The van der Waals surface area contributed by atoms with Crippen LogP contribution in [0, 0.1) is 6.92 Å². The van der Waals surface area contributed by atoms with Gasteiger partial charge in [0.15, 0.2) is 0 Å². The van der Waals surface area contributed by atoms with Gasteiger partial charge in [0, 0.05) is 17.8 Å². The van der Waals surface area contributed by atoms with Crippen LogP contribution < -0.4 is 11.3 Å². The topological polar surface area (TPSA) is 80.5 Å². The standard InChI is InChI=1S/C15H22N4O2/c1-10-8-11(9-14(17-10)18-16)15(20)19-6-7-21-13-5-3-2-4-12(13)19/h8-9,12-13H,2-7,16H2,1H3,(H,17,18). The van der Waals surface area contributed by atoms with Gasteiger partial charge in [0.1, 0.15) is 5.82 Å². The molecule has 1 aliphatic carbocycles. The first-order chi connectivity index (χ1) is 10.2. The van der Waals surface area contributed by atoms with E-state index in [9.17, 15) is 4.79 Å². The van der Waals surface area contributed by atoms with Crippen molar-refractivity contribution in [2.45, 2.75) is 44.8 Å². The van der Waals surface area contributed by atoms with E-state index in [1.807, 2.05) is 17.9 Å². The summed E-state index contributed by atoms with van der Waals surface area (Å²) >= 11 is 0. The van der Waals surface area contributed by atoms with Crippen LogP contribution in [0.5, 0.6) is 0 Å². The van der Waals surface area contributed by atoms with Gasteiger partial charge >= 0.3 is 0 Å².